The minimum atomic E-state index is -0.218. The number of thioether (sulfide) groups is 2. The molecule has 1 aromatic rings. The van der Waals surface area contributed by atoms with Crippen LogP contribution in [0.5, 0.6) is 5.75 Å². The number of carbonyl (C=O) groups excluding carboxylic acids is 1. The van der Waals surface area contributed by atoms with Crippen molar-refractivity contribution < 1.29 is 14.3 Å². The smallest absolute Gasteiger partial charge is 0.329 e. The third-order valence-electron chi connectivity index (χ3n) is 3.56. The maximum atomic E-state index is 11.7. The fourth-order valence-corrected chi connectivity index (χ4v) is 4.61. The predicted octanol–water partition coefficient (Wildman–Crippen LogP) is 3.19. The predicted molar refractivity (Wildman–Crippen MR) is 101 cm³/mol. The summed E-state index contributed by atoms with van der Waals surface area (Å²) in [6.07, 6.45) is 0.995. The molecule has 1 fully saturated rings. The standard InChI is InChI=1S/C16H21NO3S3/c1-19-13-6-4-12(5-7-13)10-22-9-3-8-17-14(15(18)20-2)11-23-16(17)21/h4-7,14H,3,8-11H2,1-2H3/t14-/m0/s1. The molecule has 0 aliphatic carbocycles. The van der Waals surface area contributed by atoms with E-state index in [0.717, 1.165) is 34.5 Å². The van der Waals surface area contributed by atoms with E-state index in [1.165, 1.54) is 12.7 Å². The Kier molecular flexibility index (Phi) is 7.52. The van der Waals surface area contributed by atoms with Crippen LogP contribution in [0.2, 0.25) is 0 Å². The van der Waals surface area contributed by atoms with Crippen LogP contribution in [0, 0.1) is 0 Å². The van der Waals surface area contributed by atoms with E-state index in [9.17, 15) is 4.79 Å². The Morgan fingerprint density at radius 2 is 2.13 bits per heavy atom. The van der Waals surface area contributed by atoms with Gasteiger partial charge in [-0.2, -0.15) is 11.8 Å². The van der Waals surface area contributed by atoms with Gasteiger partial charge < -0.3 is 14.4 Å². The summed E-state index contributed by atoms with van der Waals surface area (Å²) in [5, 5.41) is 0. The number of rotatable bonds is 8. The van der Waals surface area contributed by atoms with Crippen LogP contribution in [0.4, 0.5) is 0 Å². The Balaban J connectivity index is 1.69. The minimum absolute atomic E-state index is 0.191. The summed E-state index contributed by atoms with van der Waals surface area (Å²) in [4.78, 5) is 13.7. The van der Waals surface area contributed by atoms with Crippen molar-refractivity contribution in [2.75, 3.05) is 32.3 Å². The van der Waals surface area contributed by atoms with E-state index in [1.54, 1.807) is 18.9 Å². The molecule has 4 nitrogen and oxygen atoms in total. The van der Waals surface area contributed by atoms with Gasteiger partial charge in [0.05, 0.1) is 14.2 Å². The third kappa shape index (κ3) is 5.29. The number of hydrogen-bond donors (Lipinski definition) is 0. The molecule has 126 valence electrons. The van der Waals surface area contributed by atoms with Gasteiger partial charge in [0.25, 0.3) is 0 Å². The van der Waals surface area contributed by atoms with Crippen molar-refractivity contribution in [3.63, 3.8) is 0 Å². The highest BCUT2D eigenvalue weighted by Crippen LogP contribution is 2.26. The van der Waals surface area contributed by atoms with Gasteiger partial charge in [0.2, 0.25) is 0 Å². The topological polar surface area (TPSA) is 38.8 Å². The molecule has 0 radical (unpaired) electrons. The van der Waals surface area contributed by atoms with E-state index >= 15 is 0 Å². The lowest BCUT2D eigenvalue weighted by molar-refractivity contribution is -0.144. The number of esters is 1. The monoisotopic (exact) mass is 371 g/mol. The zero-order chi connectivity index (χ0) is 16.7. The Morgan fingerprint density at radius 3 is 2.78 bits per heavy atom. The van der Waals surface area contributed by atoms with Crippen LogP contribution in [0.1, 0.15) is 12.0 Å². The Labute approximate surface area is 151 Å². The first kappa shape index (κ1) is 18.4. The van der Waals surface area contributed by atoms with Crippen molar-refractivity contribution in [2.24, 2.45) is 0 Å². The van der Waals surface area contributed by atoms with E-state index < -0.39 is 0 Å². The van der Waals surface area contributed by atoms with Crippen molar-refractivity contribution >= 4 is 46.0 Å². The van der Waals surface area contributed by atoms with Gasteiger partial charge in [-0.3, -0.25) is 0 Å². The summed E-state index contributed by atoms with van der Waals surface area (Å²) in [5.41, 5.74) is 1.29. The number of benzene rings is 1. The SMILES string of the molecule is COC(=O)[C@@H]1CSC(=S)N1CCCSCc1ccc(OC)cc1. The summed E-state index contributed by atoms with van der Waals surface area (Å²) < 4.78 is 10.8. The third-order valence-corrected chi connectivity index (χ3v) is 6.23. The molecular weight excluding hydrogens is 350 g/mol. The summed E-state index contributed by atoms with van der Waals surface area (Å²) >= 11 is 8.77. The number of hydrogen-bond acceptors (Lipinski definition) is 6. The molecule has 0 amide bonds. The number of nitrogens with zero attached hydrogens (tertiary/aromatic N) is 1. The number of methoxy groups -OCH3 is 2. The van der Waals surface area contributed by atoms with E-state index in [0.29, 0.717) is 5.75 Å². The lowest BCUT2D eigenvalue weighted by Crippen LogP contribution is -2.40. The first-order valence-electron chi connectivity index (χ1n) is 7.37. The van der Waals surface area contributed by atoms with Crippen LogP contribution in [-0.2, 0) is 15.3 Å². The summed E-state index contributed by atoms with van der Waals surface area (Å²) in [5.74, 6) is 3.40. The molecule has 1 heterocycles. The molecule has 1 atom stereocenters. The molecule has 23 heavy (non-hydrogen) atoms. The van der Waals surface area contributed by atoms with Gasteiger partial charge in [0, 0.05) is 18.1 Å². The number of carbonyl (C=O) groups is 1. The van der Waals surface area contributed by atoms with E-state index in [1.807, 2.05) is 28.8 Å². The Hall–Kier alpha value is -0.920. The highest BCUT2D eigenvalue weighted by molar-refractivity contribution is 8.23. The molecule has 0 unspecified atom stereocenters. The minimum Gasteiger partial charge on any atom is -0.497 e. The largest absolute Gasteiger partial charge is 0.497 e. The van der Waals surface area contributed by atoms with Gasteiger partial charge in [-0.15, -0.1) is 0 Å². The van der Waals surface area contributed by atoms with Crippen LogP contribution in [0.3, 0.4) is 0 Å². The maximum Gasteiger partial charge on any atom is 0.329 e. The number of thiocarbonyl (C=S) groups is 1. The highest BCUT2D eigenvalue weighted by Gasteiger charge is 2.34. The van der Waals surface area contributed by atoms with E-state index in [4.69, 9.17) is 21.7 Å². The molecular formula is C16H21NO3S3. The molecule has 2 rings (SSSR count). The van der Waals surface area contributed by atoms with E-state index in [2.05, 4.69) is 12.1 Å². The average Bonchev–Trinajstić information content (AvgIpc) is 2.95. The first-order chi connectivity index (χ1) is 11.2. The van der Waals surface area contributed by atoms with Gasteiger partial charge in [-0.05, 0) is 29.9 Å². The molecule has 0 spiro atoms. The van der Waals surface area contributed by atoms with Crippen LogP contribution in [-0.4, -0.2) is 53.5 Å². The Bertz CT molecular complexity index is 536. The Morgan fingerprint density at radius 1 is 1.39 bits per heavy atom. The van der Waals surface area contributed by atoms with Gasteiger partial charge in [-0.1, -0.05) is 36.1 Å². The fourth-order valence-electron chi connectivity index (χ4n) is 2.28. The van der Waals surface area contributed by atoms with Gasteiger partial charge >= 0.3 is 5.97 Å². The van der Waals surface area contributed by atoms with Gasteiger partial charge in [0.15, 0.2) is 0 Å². The summed E-state index contributed by atoms with van der Waals surface area (Å²) in [6, 6.07) is 7.92. The normalized spacial score (nSPS) is 17.4. The van der Waals surface area contributed by atoms with E-state index in [-0.39, 0.29) is 12.0 Å². The first-order valence-corrected chi connectivity index (χ1v) is 9.92. The number of ether oxygens (including phenoxy) is 2. The fraction of sp³-hybridized carbons (Fsp3) is 0.500. The maximum absolute atomic E-state index is 11.7. The van der Waals surface area contributed by atoms with Crippen molar-refractivity contribution in [1.29, 1.82) is 0 Å². The molecule has 1 saturated heterocycles. The molecule has 7 heteroatoms. The van der Waals surface area contributed by atoms with Crippen LogP contribution in [0.25, 0.3) is 0 Å². The quantitative estimate of drug-likeness (QED) is 0.395. The lowest BCUT2D eigenvalue weighted by atomic mass is 10.2. The average molecular weight is 372 g/mol. The molecule has 0 aromatic heterocycles. The second-order valence-electron chi connectivity index (χ2n) is 5.06. The molecule has 0 N–H and O–H groups in total. The lowest BCUT2D eigenvalue weighted by Gasteiger charge is -2.23. The summed E-state index contributed by atoms with van der Waals surface area (Å²) in [6.45, 7) is 0.807. The zero-order valence-corrected chi connectivity index (χ0v) is 15.8. The van der Waals surface area contributed by atoms with Crippen molar-refractivity contribution in [2.45, 2.75) is 18.2 Å². The van der Waals surface area contributed by atoms with Crippen LogP contribution >= 0.6 is 35.7 Å². The van der Waals surface area contributed by atoms with Crippen molar-refractivity contribution in [3.05, 3.63) is 29.8 Å². The highest BCUT2D eigenvalue weighted by atomic mass is 32.2. The molecule has 1 aromatic carbocycles. The molecule has 0 saturated carbocycles. The second kappa shape index (κ2) is 9.39. The zero-order valence-electron chi connectivity index (χ0n) is 13.3. The second-order valence-corrected chi connectivity index (χ2v) is 7.82. The van der Waals surface area contributed by atoms with Crippen LogP contribution in [0.15, 0.2) is 24.3 Å². The van der Waals surface area contributed by atoms with Gasteiger partial charge in [-0.25, -0.2) is 4.79 Å². The van der Waals surface area contributed by atoms with Gasteiger partial charge in [0.1, 0.15) is 16.1 Å². The van der Waals surface area contributed by atoms with Crippen molar-refractivity contribution in [1.82, 2.24) is 4.90 Å². The molecule has 0 bridgehead atoms. The van der Waals surface area contributed by atoms with Crippen LogP contribution < -0.4 is 4.74 Å². The summed E-state index contributed by atoms with van der Waals surface area (Å²) in [7, 11) is 3.10. The molecule has 1 aliphatic heterocycles. The van der Waals surface area contributed by atoms with Crippen molar-refractivity contribution in [3.8, 4) is 5.75 Å². The molecule has 1 aliphatic rings.